The molecule has 4 nitrogen and oxygen atoms in total. The number of hydrogen-bond donors (Lipinski definition) is 2. The van der Waals surface area contributed by atoms with Crippen molar-refractivity contribution in [1.29, 1.82) is 0 Å². The molecule has 90 valence electrons. The summed E-state index contributed by atoms with van der Waals surface area (Å²) in [7, 11) is 0. The summed E-state index contributed by atoms with van der Waals surface area (Å²) in [5.41, 5.74) is 7.78. The van der Waals surface area contributed by atoms with Gasteiger partial charge in [-0.25, -0.2) is 4.68 Å². The molecule has 0 radical (unpaired) electrons. The van der Waals surface area contributed by atoms with E-state index in [1.165, 1.54) is 12.8 Å². The lowest BCUT2D eigenvalue weighted by molar-refractivity contribution is 0.533. The second kappa shape index (κ2) is 4.00. The zero-order valence-corrected chi connectivity index (χ0v) is 10.6. The van der Waals surface area contributed by atoms with Crippen LogP contribution in [0.2, 0.25) is 0 Å². The van der Waals surface area contributed by atoms with E-state index in [9.17, 15) is 0 Å². The average Bonchev–Trinajstić information content (AvgIpc) is 2.93. The molecule has 1 aliphatic carbocycles. The van der Waals surface area contributed by atoms with Crippen molar-refractivity contribution in [2.75, 3.05) is 11.1 Å². The quantitative estimate of drug-likeness (QED) is 0.823. The molecule has 2 unspecified atom stereocenters. The molecule has 2 rings (SSSR count). The lowest BCUT2D eigenvalue weighted by Crippen LogP contribution is -2.13. The first-order chi connectivity index (χ1) is 7.54. The van der Waals surface area contributed by atoms with Crippen LogP contribution in [0.5, 0.6) is 0 Å². The van der Waals surface area contributed by atoms with Crippen molar-refractivity contribution >= 4 is 11.5 Å². The Morgan fingerprint density at radius 2 is 2.25 bits per heavy atom. The van der Waals surface area contributed by atoms with Gasteiger partial charge in [-0.3, -0.25) is 0 Å². The third kappa shape index (κ3) is 1.88. The van der Waals surface area contributed by atoms with Crippen LogP contribution in [0.25, 0.3) is 0 Å². The van der Waals surface area contributed by atoms with Crippen LogP contribution in [-0.2, 0) is 0 Å². The van der Waals surface area contributed by atoms with Crippen molar-refractivity contribution in [3.8, 4) is 0 Å². The fourth-order valence-corrected chi connectivity index (χ4v) is 2.13. The van der Waals surface area contributed by atoms with Crippen LogP contribution >= 0.6 is 0 Å². The van der Waals surface area contributed by atoms with Gasteiger partial charge >= 0.3 is 0 Å². The van der Waals surface area contributed by atoms with Gasteiger partial charge in [0.1, 0.15) is 5.82 Å². The van der Waals surface area contributed by atoms with E-state index in [1.54, 1.807) is 0 Å². The van der Waals surface area contributed by atoms with Gasteiger partial charge in [-0.05, 0) is 33.1 Å². The van der Waals surface area contributed by atoms with Gasteiger partial charge in [0.2, 0.25) is 0 Å². The Hall–Kier alpha value is -1.19. The molecule has 0 aromatic carbocycles. The summed E-state index contributed by atoms with van der Waals surface area (Å²) in [5, 5.41) is 8.00. The van der Waals surface area contributed by atoms with Crippen molar-refractivity contribution in [3.63, 3.8) is 0 Å². The molecule has 0 amide bonds. The number of nitrogens with two attached hydrogens (primary N) is 1. The van der Waals surface area contributed by atoms with E-state index in [4.69, 9.17) is 5.73 Å². The highest BCUT2D eigenvalue weighted by Gasteiger charge is 2.36. The van der Waals surface area contributed by atoms with Crippen molar-refractivity contribution in [1.82, 2.24) is 9.78 Å². The first-order valence-corrected chi connectivity index (χ1v) is 6.15. The maximum Gasteiger partial charge on any atom is 0.148 e. The third-order valence-corrected chi connectivity index (χ3v) is 3.39. The molecule has 1 aromatic heterocycles. The molecule has 1 heterocycles. The predicted octanol–water partition coefficient (Wildman–Crippen LogP) is 2.57. The Bertz CT molecular complexity index is 381. The van der Waals surface area contributed by atoms with E-state index in [-0.39, 0.29) is 0 Å². The lowest BCUT2D eigenvalue weighted by Gasteiger charge is -2.13. The smallest absolute Gasteiger partial charge is 0.148 e. The van der Waals surface area contributed by atoms with Crippen molar-refractivity contribution < 1.29 is 0 Å². The summed E-state index contributed by atoms with van der Waals surface area (Å²) in [6.07, 6.45) is 2.50. The monoisotopic (exact) mass is 222 g/mol. The molecular weight excluding hydrogens is 200 g/mol. The standard InChI is InChI=1S/C12H22N4/c1-5-9-6-10(9)14-12-11(13)8(4)15-16(12)7(2)3/h7,9-10,14H,5-6,13H2,1-4H3. The molecule has 16 heavy (non-hydrogen) atoms. The second-order valence-corrected chi connectivity index (χ2v) is 5.04. The molecule has 0 saturated heterocycles. The van der Waals surface area contributed by atoms with Crippen LogP contribution in [0.3, 0.4) is 0 Å². The molecule has 0 aliphatic heterocycles. The summed E-state index contributed by atoms with van der Waals surface area (Å²) in [4.78, 5) is 0. The number of anilines is 2. The Morgan fingerprint density at radius 1 is 1.56 bits per heavy atom. The highest BCUT2D eigenvalue weighted by Crippen LogP contribution is 2.38. The summed E-state index contributed by atoms with van der Waals surface area (Å²) in [6.45, 7) is 8.45. The maximum atomic E-state index is 6.06. The molecule has 1 saturated carbocycles. The Morgan fingerprint density at radius 3 is 2.75 bits per heavy atom. The van der Waals surface area contributed by atoms with E-state index < -0.39 is 0 Å². The van der Waals surface area contributed by atoms with Crippen LogP contribution in [0.1, 0.15) is 45.3 Å². The summed E-state index contributed by atoms with van der Waals surface area (Å²) < 4.78 is 2.00. The summed E-state index contributed by atoms with van der Waals surface area (Å²) in [6, 6.07) is 0.943. The van der Waals surface area contributed by atoms with Crippen LogP contribution < -0.4 is 11.1 Å². The largest absolute Gasteiger partial charge is 0.394 e. The SMILES string of the molecule is CCC1CC1Nc1c(N)c(C)nn1C(C)C. The fraction of sp³-hybridized carbons (Fsp3) is 0.750. The molecule has 1 aromatic rings. The van der Waals surface area contributed by atoms with Gasteiger partial charge in [0.05, 0.1) is 11.4 Å². The van der Waals surface area contributed by atoms with E-state index in [0.717, 1.165) is 23.1 Å². The zero-order valence-electron chi connectivity index (χ0n) is 10.6. The van der Waals surface area contributed by atoms with Crippen molar-refractivity contribution in [2.24, 2.45) is 5.92 Å². The van der Waals surface area contributed by atoms with E-state index >= 15 is 0 Å². The van der Waals surface area contributed by atoms with Gasteiger partial charge in [-0.2, -0.15) is 5.10 Å². The van der Waals surface area contributed by atoms with E-state index in [2.05, 4.69) is 31.2 Å². The van der Waals surface area contributed by atoms with Gasteiger partial charge in [-0.1, -0.05) is 13.3 Å². The first kappa shape index (κ1) is 11.3. The average molecular weight is 222 g/mol. The van der Waals surface area contributed by atoms with Gasteiger partial charge in [0.25, 0.3) is 0 Å². The van der Waals surface area contributed by atoms with Crippen LogP contribution in [0, 0.1) is 12.8 Å². The normalized spacial score (nSPS) is 23.8. The van der Waals surface area contributed by atoms with Crippen LogP contribution in [-0.4, -0.2) is 15.8 Å². The molecule has 1 fully saturated rings. The number of aryl methyl sites for hydroxylation is 1. The number of hydrogen-bond acceptors (Lipinski definition) is 3. The highest BCUT2D eigenvalue weighted by atomic mass is 15.4. The molecule has 4 heteroatoms. The predicted molar refractivity (Wildman–Crippen MR) is 67.6 cm³/mol. The fourth-order valence-electron chi connectivity index (χ4n) is 2.13. The minimum atomic E-state index is 0.345. The Kier molecular flexibility index (Phi) is 2.82. The first-order valence-electron chi connectivity index (χ1n) is 6.15. The minimum absolute atomic E-state index is 0.345. The molecule has 0 spiro atoms. The lowest BCUT2D eigenvalue weighted by atomic mass is 10.3. The number of nitrogens with one attached hydrogen (secondary N) is 1. The van der Waals surface area contributed by atoms with Gasteiger partial charge < -0.3 is 11.1 Å². The number of nitrogen functional groups attached to an aromatic ring is 1. The second-order valence-electron chi connectivity index (χ2n) is 5.04. The summed E-state index contributed by atoms with van der Waals surface area (Å²) in [5.74, 6) is 1.82. The van der Waals surface area contributed by atoms with Gasteiger partial charge in [0.15, 0.2) is 0 Å². The Labute approximate surface area is 97.2 Å². The third-order valence-electron chi connectivity index (χ3n) is 3.39. The molecule has 1 aliphatic rings. The van der Waals surface area contributed by atoms with Gasteiger partial charge in [-0.15, -0.1) is 0 Å². The molecule has 0 bridgehead atoms. The van der Waals surface area contributed by atoms with Crippen molar-refractivity contribution in [3.05, 3.63) is 5.69 Å². The minimum Gasteiger partial charge on any atom is -0.394 e. The van der Waals surface area contributed by atoms with Crippen LogP contribution in [0.15, 0.2) is 0 Å². The summed E-state index contributed by atoms with van der Waals surface area (Å²) >= 11 is 0. The Balaban J connectivity index is 2.18. The topological polar surface area (TPSA) is 55.9 Å². The molecular formula is C12H22N4. The maximum absolute atomic E-state index is 6.06. The number of aromatic nitrogens is 2. The van der Waals surface area contributed by atoms with E-state index in [1.807, 2.05) is 11.6 Å². The molecule has 3 N–H and O–H groups in total. The van der Waals surface area contributed by atoms with Gasteiger partial charge in [0, 0.05) is 12.1 Å². The zero-order chi connectivity index (χ0) is 11.9. The number of nitrogens with zero attached hydrogens (tertiary/aromatic N) is 2. The van der Waals surface area contributed by atoms with Crippen molar-refractivity contribution in [2.45, 2.75) is 52.6 Å². The van der Waals surface area contributed by atoms with Crippen LogP contribution in [0.4, 0.5) is 11.5 Å². The highest BCUT2D eigenvalue weighted by molar-refractivity contribution is 5.65. The number of rotatable bonds is 4. The molecule has 2 atom stereocenters. The van der Waals surface area contributed by atoms with E-state index in [0.29, 0.717) is 12.1 Å².